The lowest BCUT2D eigenvalue weighted by molar-refractivity contribution is 0.785. The van der Waals surface area contributed by atoms with E-state index in [2.05, 4.69) is 71.1 Å². The molecule has 0 spiro atoms. The van der Waals surface area contributed by atoms with Crippen LogP contribution in [0.4, 0.5) is 5.69 Å². The van der Waals surface area contributed by atoms with Crippen LogP contribution in [0.5, 0.6) is 0 Å². The minimum Gasteiger partial charge on any atom is -0.379 e. The molecule has 1 N–H and O–H groups in total. The molecule has 0 saturated heterocycles. The number of aromatic nitrogens is 4. The first-order chi connectivity index (χ1) is 10.2. The maximum Gasteiger partial charge on any atom is 0.143 e. The average Bonchev–Trinajstić information content (AvgIpc) is 3.02. The first kappa shape index (κ1) is 13.3. The second-order valence-corrected chi connectivity index (χ2v) is 5.08. The molecule has 106 valence electrons. The van der Waals surface area contributed by atoms with E-state index in [1.165, 1.54) is 11.1 Å². The van der Waals surface area contributed by atoms with Gasteiger partial charge in [-0.05, 0) is 59.7 Å². The predicted octanol–water partition coefficient (Wildman–Crippen LogP) is 3.14. The van der Waals surface area contributed by atoms with E-state index in [1.54, 1.807) is 11.0 Å². The van der Waals surface area contributed by atoms with Crippen molar-refractivity contribution in [2.24, 2.45) is 0 Å². The van der Waals surface area contributed by atoms with Gasteiger partial charge >= 0.3 is 0 Å². The molecule has 5 heteroatoms. The highest BCUT2D eigenvalue weighted by Crippen LogP contribution is 2.21. The number of tetrazole rings is 1. The van der Waals surface area contributed by atoms with Gasteiger partial charge in [0.1, 0.15) is 6.33 Å². The SMILES string of the molecule is Cc1cccc(NC(C)c2cccc(-n3cnnn3)c2)c1. The fraction of sp³-hybridized carbons (Fsp3) is 0.188. The van der Waals surface area contributed by atoms with Crippen molar-refractivity contribution >= 4 is 5.69 Å². The Morgan fingerprint density at radius 3 is 2.71 bits per heavy atom. The molecule has 0 fully saturated rings. The minimum absolute atomic E-state index is 0.197. The van der Waals surface area contributed by atoms with Gasteiger partial charge in [-0.1, -0.05) is 24.3 Å². The van der Waals surface area contributed by atoms with Gasteiger partial charge in [0.25, 0.3) is 0 Å². The summed E-state index contributed by atoms with van der Waals surface area (Å²) in [6, 6.07) is 16.8. The van der Waals surface area contributed by atoms with Gasteiger partial charge in [0, 0.05) is 11.7 Å². The van der Waals surface area contributed by atoms with E-state index in [-0.39, 0.29) is 6.04 Å². The maximum absolute atomic E-state index is 3.92. The quantitative estimate of drug-likeness (QED) is 0.797. The zero-order valence-corrected chi connectivity index (χ0v) is 12.1. The second-order valence-electron chi connectivity index (χ2n) is 5.08. The van der Waals surface area contributed by atoms with Crippen LogP contribution in [0.15, 0.2) is 54.9 Å². The van der Waals surface area contributed by atoms with Crippen LogP contribution in [0.1, 0.15) is 24.1 Å². The van der Waals surface area contributed by atoms with Crippen molar-refractivity contribution in [1.29, 1.82) is 0 Å². The van der Waals surface area contributed by atoms with Gasteiger partial charge in [-0.2, -0.15) is 0 Å². The van der Waals surface area contributed by atoms with E-state index in [0.717, 1.165) is 11.4 Å². The molecule has 5 nitrogen and oxygen atoms in total. The summed E-state index contributed by atoms with van der Waals surface area (Å²) in [5.74, 6) is 0. The fourth-order valence-electron chi connectivity index (χ4n) is 2.28. The Kier molecular flexibility index (Phi) is 3.64. The van der Waals surface area contributed by atoms with Gasteiger partial charge < -0.3 is 5.32 Å². The van der Waals surface area contributed by atoms with E-state index in [9.17, 15) is 0 Å². The molecule has 0 saturated carbocycles. The molecular weight excluding hydrogens is 262 g/mol. The van der Waals surface area contributed by atoms with Crippen LogP contribution < -0.4 is 5.32 Å². The molecule has 1 heterocycles. The average molecular weight is 279 g/mol. The number of aryl methyl sites for hydroxylation is 1. The largest absolute Gasteiger partial charge is 0.379 e. The number of nitrogens with one attached hydrogen (secondary N) is 1. The van der Waals surface area contributed by atoms with Crippen LogP contribution in [0, 0.1) is 6.92 Å². The third kappa shape index (κ3) is 3.08. The van der Waals surface area contributed by atoms with Crippen molar-refractivity contribution in [3.8, 4) is 5.69 Å². The van der Waals surface area contributed by atoms with E-state index >= 15 is 0 Å². The number of rotatable bonds is 4. The third-order valence-corrected chi connectivity index (χ3v) is 3.39. The van der Waals surface area contributed by atoms with Gasteiger partial charge in [0.15, 0.2) is 0 Å². The molecular formula is C16H17N5. The number of nitrogens with zero attached hydrogens (tertiary/aromatic N) is 4. The van der Waals surface area contributed by atoms with Crippen molar-refractivity contribution in [1.82, 2.24) is 20.2 Å². The highest BCUT2D eigenvalue weighted by molar-refractivity contribution is 5.48. The molecule has 0 radical (unpaired) electrons. The predicted molar refractivity (Wildman–Crippen MR) is 82.4 cm³/mol. The molecule has 3 aromatic rings. The van der Waals surface area contributed by atoms with E-state index in [0.29, 0.717) is 0 Å². The molecule has 0 amide bonds. The minimum atomic E-state index is 0.197. The van der Waals surface area contributed by atoms with Gasteiger partial charge in [-0.15, -0.1) is 5.10 Å². The molecule has 21 heavy (non-hydrogen) atoms. The standard InChI is InChI=1S/C16H17N5/c1-12-5-3-7-15(9-12)18-13(2)14-6-4-8-16(10-14)21-11-17-19-20-21/h3-11,13,18H,1-2H3. The van der Waals surface area contributed by atoms with E-state index in [1.807, 2.05) is 12.1 Å². The number of anilines is 1. The van der Waals surface area contributed by atoms with Crippen LogP contribution in [0.3, 0.4) is 0 Å². The van der Waals surface area contributed by atoms with Gasteiger partial charge in [-0.25, -0.2) is 4.68 Å². The molecule has 2 aromatic carbocycles. The monoisotopic (exact) mass is 279 g/mol. The first-order valence-electron chi connectivity index (χ1n) is 6.89. The maximum atomic E-state index is 3.92. The molecule has 0 aliphatic rings. The molecule has 0 aliphatic heterocycles. The Morgan fingerprint density at radius 1 is 1.10 bits per heavy atom. The highest BCUT2D eigenvalue weighted by Gasteiger charge is 2.07. The summed E-state index contributed by atoms with van der Waals surface area (Å²) in [5.41, 5.74) is 4.50. The van der Waals surface area contributed by atoms with Crippen LogP contribution >= 0.6 is 0 Å². The van der Waals surface area contributed by atoms with Crippen LogP contribution in [0.25, 0.3) is 5.69 Å². The van der Waals surface area contributed by atoms with Crippen molar-refractivity contribution in [3.63, 3.8) is 0 Å². The van der Waals surface area contributed by atoms with Crippen molar-refractivity contribution in [2.45, 2.75) is 19.9 Å². The smallest absolute Gasteiger partial charge is 0.143 e. The second kappa shape index (κ2) is 5.75. The summed E-state index contributed by atoms with van der Waals surface area (Å²) >= 11 is 0. The topological polar surface area (TPSA) is 55.6 Å². The fourth-order valence-corrected chi connectivity index (χ4v) is 2.28. The lowest BCUT2D eigenvalue weighted by atomic mass is 10.1. The summed E-state index contributed by atoms with van der Waals surface area (Å²) in [6.07, 6.45) is 1.60. The zero-order chi connectivity index (χ0) is 14.7. The summed E-state index contributed by atoms with van der Waals surface area (Å²) in [5, 5.41) is 14.8. The van der Waals surface area contributed by atoms with Gasteiger partial charge in [0.05, 0.1) is 5.69 Å². The van der Waals surface area contributed by atoms with E-state index < -0.39 is 0 Å². The van der Waals surface area contributed by atoms with Crippen molar-refractivity contribution in [2.75, 3.05) is 5.32 Å². The normalized spacial score (nSPS) is 12.1. The van der Waals surface area contributed by atoms with Crippen LogP contribution in [-0.4, -0.2) is 20.2 Å². The highest BCUT2D eigenvalue weighted by atomic mass is 15.5. The molecule has 1 unspecified atom stereocenters. The molecule has 1 atom stereocenters. The summed E-state index contributed by atoms with van der Waals surface area (Å²) in [7, 11) is 0. The Morgan fingerprint density at radius 2 is 1.95 bits per heavy atom. The molecule has 0 aliphatic carbocycles. The summed E-state index contributed by atoms with van der Waals surface area (Å²) < 4.78 is 1.66. The Bertz CT molecular complexity index is 721. The first-order valence-corrected chi connectivity index (χ1v) is 6.89. The summed E-state index contributed by atoms with van der Waals surface area (Å²) in [6.45, 7) is 4.23. The molecule has 1 aromatic heterocycles. The zero-order valence-electron chi connectivity index (χ0n) is 12.1. The number of hydrogen-bond donors (Lipinski definition) is 1. The van der Waals surface area contributed by atoms with Crippen molar-refractivity contribution < 1.29 is 0 Å². The lowest BCUT2D eigenvalue weighted by Crippen LogP contribution is -2.07. The van der Waals surface area contributed by atoms with Gasteiger partial charge in [0.2, 0.25) is 0 Å². The van der Waals surface area contributed by atoms with Crippen LogP contribution in [0.2, 0.25) is 0 Å². The number of benzene rings is 2. The Balaban J connectivity index is 1.81. The Hall–Kier alpha value is -2.69. The lowest BCUT2D eigenvalue weighted by Gasteiger charge is -2.17. The van der Waals surface area contributed by atoms with Crippen LogP contribution in [-0.2, 0) is 0 Å². The molecule has 3 rings (SSSR count). The Labute approximate surface area is 123 Å². The molecule has 0 bridgehead atoms. The third-order valence-electron chi connectivity index (χ3n) is 3.39. The van der Waals surface area contributed by atoms with Gasteiger partial charge in [-0.3, -0.25) is 0 Å². The number of hydrogen-bond acceptors (Lipinski definition) is 4. The summed E-state index contributed by atoms with van der Waals surface area (Å²) in [4.78, 5) is 0. The van der Waals surface area contributed by atoms with E-state index in [4.69, 9.17) is 0 Å². The van der Waals surface area contributed by atoms with Crippen molar-refractivity contribution in [3.05, 3.63) is 66.0 Å².